The van der Waals surface area contributed by atoms with Crippen molar-refractivity contribution in [3.63, 3.8) is 0 Å². The van der Waals surface area contributed by atoms with E-state index in [9.17, 15) is 31.0 Å². The van der Waals surface area contributed by atoms with Crippen LogP contribution in [0.25, 0.3) is 0 Å². The molecule has 0 aromatic heterocycles. The first kappa shape index (κ1) is 22.0. The molecule has 9 nitrogen and oxygen atoms in total. The summed E-state index contributed by atoms with van der Waals surface area (Å²) >= 11 is 0. The van der Waals surface area contributed by atoms with Gasteiger partial charge in [-0.25, -0.2) is 16.8 Å². The molecule has 0 aliphatic rings. The summed E-state index contributed by atoms with van der Waals surface area (Å²) in [7, 11) is -8.46. The third kappa shape index (κ3) is 6.57. The Balaban J connectivity index is 0.00000484. The van der Waals surface area contributed by atoms with Gasteiger partial charge in [0, 0.05) is 5.75 Å². The Morgan fingerprint density at radius 1 is 0.957 bits per heavy atom. The minimum atomic E-state index is -4.52. The molecule has 0 unspecified atom stereocenters. The molecule has 1 aromatic carbocycles. The maximum Gasteiger partial charge on any atom is 1.00 e. The Kier molecular flexibility index (Phi) is 7.87. The molecule has 0 atom stereocenters. The van der Waals surface area contributed by atoms with Gasteiger partial charge in [0.2, 0.25) is 11.8 Å². The molecule has 0 bridgehead atoms. The standard InChI is InChI=1S/C11H14N2O7S2.Na/c12-10(14)8-3-2-7(6-9(8)11(13)15)21(16,17)4-1-5-22(18,19)20;/h2-3,6H,1,4-5H2,(H2,12,14)(H2,13,15)(H,18,19,20);/q;+1/p-1. The van der Waals surface area contributed by atoms with Gasteiger partial charge in [-0.05, 0) is 24.6 Å². The first-order valence-corrected chi connectivity index (χ1v) is 9.07. The zero-order valence-electron chi connectivity index (χ0n) is 12.2. The van der Waals surface area contributed by atoms with Crippen LogP contribution in [0.2, 0.25) is 0 Å². The summed E-state index contributed by atoms with van der Waals surface area (Å²) < 4.78 is 55.4. The summed E-state index contributed by atoms with van der Waals surface area (Å²) in [4.78, 5) is 22.1. The van der Waals surface area contributed by atoms with Gasteiger partial charge in [-0.1, -0.05) is 0 Å². The molecule has 0 radical (unpaired) electrons. The predicted octanol–water partition coefficient (Wildman–Crippen LogP) is -4.40. The Labute approximate surface area is 155 Å². The Hall–Kier alpha value is -0.980. The van der Waals surface area contributed by atoms with Gasteiger partial charge in [0.1, 0.15) is 0 Å². The van der Waals surface area contributed by atoms with Crippen LogP contribution in [0.4, 0.5) is 0 Å². The molecule has 12 heteroatoms. The third-order valence-electron chi connectivity index (χ3n) is 2.69. The monoisotopic (exact) mass is 372 g/mol. The van der Waals surface area contributed by atoms with Crippen LogP contribution in [0.15, 0.2) is 23.1 Å². The minimum absolute atomic E-state index is 0. The normalized spacial score (nSPS) is 11.5. The minimum Gasteiger partial charge on any atom is -0.748 e. The summed E-state index contributed by atoms with van der Waals surface area (Å²) in [6.07, 6.45) is -0.391. The number of amides is 2. The molecule has 0 spiro atoms. The average Bonchev–Trinajstić information content (AvgIpc) is 2.35. The van der Waals surface area contributed by atoms with E-state index in [-0.39, 0.29) is 45.6 Å². The van der Waals surface area contributed by atoms with E-state index in [0.29, 0.717) is 0 Å². The van der Waals surface area contributed by atoms with Gasteiger partial charge in [0.05, 0.1) is 31.9 Å². The molecule has 1 rings (SSSR count). The van der Waals surface area contributed by atoms with Gasteiger partial charge in [-0.15, -0.1) is 0 Å². The summed E-state index contributed by atoms with van der Waals surface area (Å²) in [6, 6.07) is 2.98. The average molecular weight is 372 g/mol. The number of sulfone groups is 1. The number of hydrogen-bond donors (Lipinski definition) is 2. The number of hydrogen-bond acceptors (Lipinski definition) is 7. The Bertz CT molecular complexity index is 819. The van der Waals surface area contributed by atoms with E-state index in [4.69, 9.17) is 11.5 Å². The van der Waals surface area contributed by atoms with Crippen molar-refractivity contribution in [3.05, 3.63) is 29.3 Å². The van der Waals surface area contributed by atoms with E-state index >= 15 is 0 Å². The number of carbonyl (C=O) groups is 2. The number of rotatable bonds is 7. The van der Waals surface area contributed by atoms with Crippen LogP contribution in [-0.4, -0.2) is 44.7 Å². The van der Waals surface area contributed by atoms with Crippen molar-refractivity contribution in [2.24, 2.45) is 11.5 Å². The molecule has 1 aromatic rings. The fraction of sp³-hybridized carbons (Fsp3) is 0.273. The van der Waals surface area contributed by atoms with E-state index in [0.717, 1.165) is 18.2 Å². The van der Waals surface area contributed by atoms with Gasteiger partial charge in [-0.3, -0.25) is 9.59 Å². The van der Waals surface area contributed by atoms with E-state index < -0.39 is 49.7 Å². The topological polar surface area (TPSA) is 178 Å². The number of primary amides is 2. The number of nitrogens with two attached hydrogens (primary N) is 2. The smallest absolute Gasteiger partial charge is 0.748 e. The van der Waals surface area contributed by atoms with Gasteiger partial charge < -0.3 is 16.0 Å². The van der Waals surface area contributed by atoms with Gasteiger partial charge in [0.25, 0.3) is 0 Å². The van der Waals surface area contributed by atoms with Crippen molar-refractivity contribution in [1.82, 2.24) is 0 Å². The number of benzene rings is 1. The third-order valence-corrected chi connectivity index (χ3v) is 5.28. The van der Waals surface area contributed by atoms with Crippen LogP contribution >= 0.6 is 0 Å². The molecule has 2 amide bonds. The van der Waals surface area contributed by atoms with Crippen molar-refractivity contribution in [2.75, 3.05) is 11.5 Å². The molecule has 0 aliphatic carbocycles. The summed E-state index contributed by atoms with van der Waals surface area (Å²) in [5, 5.41) is 0. The molecular formula is C11H13N2NaO7S2. The maximum absolute atomic E-state index is 12.0. The van der Waals surface area contributed by atoms with E-state index in [1.807, 2.05) is 0 Å². The maximum atomic E-state index is 12.0. The second-order valence-corrected chi connectivity index (χ2v) is 8.00. The second-order valence-electron chi connectivity index (χ2n) is 4.37. The summed E-state index contributed by atoms with van der Waals surface area (Å²) in [5.74, 6) is -3.42. The van der Waals surface area contributed by atoms with Crippen molar-refractivity contribution in [3.8, 4) is 0 Å². The Morgan fingerprint density at radius 2 is 1.48 bits per heavy atom. The predicted molar refractivity (Wildman–Crippen MR) is 74.7 cm³/mol. The zero-order chi connectivity index (χ0) is 17.1. The summed E-state index contributed by atoms with van der Waals surface area (Å²) in [6.45, 7) is 0. The van der Waals surface area contributed by atoms with E-state index in [2.05, 4.69) is 0 Å². The molecular weight excluding hydrogens is 359 g/mol. The van der Waals surface area contributed by atoms with Crippen LogP contribution in [0.1, 0.15) is 27.1 Å². The Morgan fingerprint density at radius 3 is 1.91 bits per heavy atom. The molecule has 0 saturated carbocycles. The van der Waals surface area contributed by atoms with Crippen LogP contribution in [-0.2, 0) is 20.0 Å². The number of carbonyl (C=O) groups excluding carboxylic acids is 2. The largest absolute Gasteiger partial charge is 1.00 e. The molecule has 122 valence electrons. The van der Waals surface area contributed by atoms with Gasteiger partial charge >= 0.3 is 29.6 Å². The molecule has 4 N–H and O–H groups in total. The fourth-order valence-electron chi connectivity index (χ4n) is 1.68. The quantitative estimate of drug-likeness (QED) is 0.358. The molecule has 0 heterocycles. The second kappa shape index (κ2) is 8.22. The van der Waals surface area contributed by atoms with E-state index in [1.54, 1.807) is 0 Å². The van der Waals surface area contributed by atoms with Crippen LogP contribution in [0.3, 0.4) is 0 Å². The SMILES string of the molecule is NC(=O)c1ccc(S(=O)(=O)CCCS(=O)(=O)[O-])cc1C(N)=O.[Na+]. The molecule has 0 aliphatic heterocycles. The molecule has 23 heavy (non-hydrogen) atoms. The van der Waals surface area contributed by atoms with Crippen LogP contribution in [0.5, 0.6) is 0 Å². The van der Waals surface area contributed by atoms with Crippen molar-refractivity contribution >= 4 is 31.8 Å². The first-order chi connectivity index (χ1) is 9.94. The first-order valence-electron chi connectivity index (χ1n) is 5.84. The van der Waals surface area contributed by atoms with Crippen molar-refractivity contribution < 1.29 is 60.5 Å². The molecule has 0 saturated heterocycles. The van der Waals surface area contributed by atoms with Gasteiger partial charge in [0.15, 0.2) is 9.84 Å². The van der Waals surface area contributed by atoms with Gasteiger partial charge in [-0.2, -0.15) is 0 Å². The fourth-order valence-corrected chi connectivity index (χ4v) is 3.69. The van der Waals surface area contributed by atoms with Crippen molar-refractivity contribution in [2.45, 2.75) is 11.3 Å². The van der Waals surface area contributed by atoms with Crippen LogP contribution < -0.4 is 41.0 Å². The van der Waals surface area contributed by atoms with Crippen LogP contribution in [0, 0.1) is 0 Å². The molecule has 0 fully saturated rings. The van der Waals surface area contributed by atoms with E-state index in [1.165, 1.54) is 0 Å². The summed E-state index contributed by atoms with van der Waals surface area (Å²) in [5.41, 5.74) is 9.52. The van der Waals surface area contributed by atoms with Crippen molar-refractivity contribution in [1.29, 1.82) is 0 Å². The zero-order valence-corrected chi connectivity index (χ0v) is 15.8.